The summed E-state index contributed by atoms with van der Waals surface area (Å²) in [5.41, 5.74) is 2.43. The summed E-state index contributed by atoms with van der Waals surface area (Å²) in [5, 5.41) is 4.59. The Kier molecular flexibility index (Phi) is 5.71. The van der Waals surface area contributed by atoms with E-state index < -0.39 is 10.0 Å². The number of rotatable bonds is 6. The molecule has 158 valence electrons. The molecular weight excluding hydrogens is 444 g/mol. The van der Waals surface area contributed by atoms with Gasteiger partial charge < -0.3 is 19.2 Å². The van der Waals surface area contributed by atoms with Crippen LogP contribution in [-0.4, -0.2) is 23.4 Å². The van der Waals surface area contributed by atoms with E-state index in [2.05, 4.69) is 32.9 Å². The summed E-state index contributed by atoms with van der Waals surface area (Å²) in [7, 11) is -3.92. The first-order chi connectivity index (χ1) is 14.3. The minimum absolute atomic E-state index is 0.0480. The Labute approximate surface area is 184 Å². The van der Waals surface area contributed by atoms with E-state index in [1.54, 1.807) is 12.1 Å². The van der Waals surface area contributed by atoms with Crippen molar-refractivity contribution in [1.29, 1.82) is 0 Å². The number of aryl methyl sites for hydroxylation is 1. The van der Waals surface area contributed by atoms with E-state index in [1.807, 2.05) is 24.4 Å². The number of aromatic nitrogens is 1. The molecule has 7 nitrogen and oxygen atoms in total. The summed E-state index contributed by atoms with van der Waals surface area (Å²) in [6, 6.07) is 10.3. The lowest BCUT2D eigenvalue weighted by Gasteiger charge is -2.18. The van der Waals surface area contributed by atoms with Gasteiger partial charge in [0.25, 0.3) is 10.0 Å². The highest BCUT2D eigenvalue weighted by Gasteiger charge is 2.28. The minimum atomic E-state index is -3.92. The van der Waals surface area contributed by atoms with Crippen LogP contribution in [0.3, 0.4) is 0 Å². The average Bonchev–Trinajstić information content (AvgIpc) is 3.07. The highest BCUT2D eigenvalue weighted by atomic mass is 35.5. The van der Waals surface area contributed by atoms with Crippen LogP contribution in [0.25, 0.3) is 10.9 Å². The molecule has 1 aliphatic rings. The van der Waals surface area contributed by atoms with Crippen LogP contribution in [0.2, 0.25) is 5.02 Å². The molecule has 3 aromatic rings. The SMILES string of the molecule is CC(C)CCn1cc(C2=NS(=O)(=O)c3cc(NSO)ccc3N2)c2cccc(Cl)c21. The maximum absolute atomic E-state index is 12.9. The Morgan fingerprint density at radius 1 is 1.30 bits per heavy atom. The number of hydrogen-bond acceptors (Lipinski definition) is 6. The minimum Gasteiger partial charge on any atom is -0.346 e. The van der Waals surface area contributed by atoms with Crippen LogP contribution >= 0.6 is 23.8 Å². The van der Waals surface area contributed by atoms with Crippen molar-refractivity contribution in [1.82, 2.24) is 4.57 Å². The lowest BCUT2D eigenvalue weighted by atomic mass is 10.1. The Hall–Kier alpha value is -2.20. The highest BCUT2D eigenvalue weighted by Crippen LogP contribution is 2.35. The van der Waals surface area contributed by atoms with Gasteiger partial charge in [0.2, 0.25) is 0 Å². The van der Waals surface area contributed by atoms with Gasteiger partial charge in [0.15, 0.2) is 5.84 Å². The van der Waals surface area contributed by atoms with Crippen molar-refractivity contribution < 1.29 is 13.0 Å². The number of amidine groups is 1. The van der Waals surface area contributed by atoms with Crippen molar-refractivity contribution in [2.75, 3.05) is 10.0 Å². The topological polar surface area (TPSA) is 95.7 Å². The molecule has 4 rings (SSSR count). The highest BCUT2D eigenvalue weighted by molar-refractivity contribution is 7.95. The van der Waals surface area contributed by atoms with Crippen LogP contribution in [0.4, 0.5) is 11.4 Å². The number of benzene rings is 2. The molecule has 0 fully saturated rings. The molecule has 0 amide bonds. The first-order valence-corrected chi connectivity index (χ1v) is 12.0. The normalized spacial score (nSPS) is 15.0. The van der Waals surface area contributed by atoms with E-state index in [4.69, 9.17) is 16.2 Å². The van der Waals surface area contributed by atoms with Gasteiger partial charge in [-0.25, -0.2) is 0 Å². The molecule has 0 saturated carbocycles. The molecule has 0 aliphatic carbocycles. The number of nitrogens with zero attached hydrogens (tertiary/aromatic N) is 2. The molecule has 0 saturated heterocycles. The van der Waals surface area contributed by atoms with E-state index >= 15 is 0 Å². The number of fused-ring (bicyclic) bond motifs is 2. The van der Waals surface area contributed by atoms with Gasteiger partial charge in [0.1, 0.15) is 17.1 Å². The van der Waals surface area contributed by atoms with Crippen molar-refractivity contribution in [2.45, 2.75) is 31.7 Å². The Morgan fingerprint density at radius 3 is 2.83 bits per heavy atom. The first kappa shape index (κ1) is 21.0. The Balaban J connectivity index is 1.82. The molecule has 1 aliphatic heterocycles. The molecule has 10 heteroatoms. The lowest BCUT2D eigenvalue weighted by Crippen LogP contribution is -2.22. The predicted molar refractivity (Wildman–Crippen MR) is 124 cm³/mol. The smallest absolute Gasteiger partial charge is 0.286 e. The third kappa shape index (κ3) is 3.90. The summed E-state index contributed by atoms with van der Waals surface area (Å²) < 4.78 is 43.4. The lowest BCUT2D eigenvalue weighted by molar-refractivity contribution is 0.524. The fraction of sp³-hybridized carbons (Fsp3) is 0.250. The van der Waals surface area contributed by atoms with Crippen LogP contribution in [-0.2, 0) is 16.6 Å². The average molecular weight is 465 g/mol. The van der Waals surface area contributed by atoms with Crippen molar-refractivity contribution in [3.63, 3.8) is 0 Å². The second-order valence-corrected chi connectivity index (χ2v) is 9.87. The van der Waals surface area contributed by atoms with Crippen molar-refractivity contribution >= 4 is 62.0 Å². The van der Waals surface area contributed by atoms with Gasteiger partial charge in [-0.05, 0) is 36.6 Å². The number of anilines is 2. The summed E-state index contributed by atoms with van der Waals surface area (Å²) >= 11 is 6.88. The summed E-state index contributed by atoms with van der Waals surface area (Å²) in [5.74, 6) is 0.779. The summed E-state index contributed by atoms with van der Waals surface area (Å²) in [4.78, 5) is 0.0480. The number of halogens is 1. The molecule has 0 spiro atoms. The zero-order chi connectivity index (χ0) is 21.5. The number of nitrogens with one attached hydrogen (secondary N) is 2. The second kappa shape index (κ2) is 8.14. The van der Waals surface area contributed by atoms with Crippen molar-refractivity contribution in [2.24, 2.45) is 10.3 Å². The fourth-order valence-electron chi connectivity index (χ4n) is 3.47. The zero-order valence-corrected chi connectivity index (χ0v) is 18.8. The molecule has 0 unspecified atom stereocenters. The standard InChI is InChI=1S/C20H21ClN4O3S2/c1-12(2)8-9-25-11-15(14-4-3-5-16(21)19(14)25)20-22-17-7-6-13(23-29-26)10-18(17)30(27,28)24-20/h3-7,10-12,23,26H,8-9H2,1-2H3,(H,22,24). The van der Waals surface area contributed by atoms with E-state index in [0.717, 1.165) is 23.9 Å². The molecular formula is C20H21ClN4O3S2. The van der Waals surface area contributed by atoms with Gasteiger partial charge >= 0.3 is 0 Å². The molecule has 0 bridgehead atoms. The van der Waals surface area contributed by atoms with Crippen LogP contribution < -0.4 is 10.0 Å². The van der Waals surface area contributed by atoms with Gasteiger partial charge in [0, 0.05) is 29.4 Å². The van der Waals surface area contributed by atoms with Crippen LogP contribution in [0.1, 0.15) is 25.8 Å². The number of sulfonamides is 1. The zero-order valence-electron chi connectivity index (χ0n) is 16.4. The van der Waals surface area contributed by atoms with E-state index in [1.165, 1.54) is 6.07 Å². The molecule has 3 N–H and O–H groups in total. The van der Waals surface area contributed by atoms with Crippen LogP contribution in [0.15, 0.2) is 51.9 Å². The summed E-state index contributed by atoms with van der Waals surface area (Å²) in [6.45, 7) is 5.08. The maximum Gasteiger partial charge on any atom is 0.286 e. The predicted octanol–water partition coefficient (Wildman–Crippen LogP) is 5.43. The fourth-order valence-corrected chi connectivity index (χ4v) is 5.14. The Morgan fingerprint density at radius 2 is 2.10 bits per heavy atom. The van der Waals surface area contributed by atoms with E-state index in [9.17, 15) is 8.42 Å². The van der Waals surface area contributed by atoms with Gasteiger partial charge in [-0.3, -0.25) is 0 Å². The van der Waals surface area contributed by atoms with E-state index in [0.29, 0.717) is 40.1 Å². The largest absolute Gasteiger partial charge is 0.346 e. The molecule has 1 aromatic heterocycles. The maximum atomic E-state index is 12.9. The molecule has 30 heavy (non-hydrogen) atoms. The van der Waals surface area contributed by atoms with Gasteiger partial charge in [0.05, 0.1) is 16.2 Å². The van der Waals surface area contributed by atoms with Gasteiger partial charge in [-0.15, -0.1) is 4.40 Å². The molecule has 2 heterocycles. The van der Waals surface area contributed by atoms with Crippen molar-refractivity contribution in [3.05, 3.63) is 53.2 Å². The second-order valence-electron chi connectivity index (χ2n) is 7.50. The third-order valence-electron chi connectivity index (χ3n) is 4.94. The molecule has 2 aromatic carbocycles. The van der Waals surface area contributed by atoms with Gasteiger partial charge in [-0.2, -0.15) is 8.42 Å². The quantitative estimate of drug-likeness (QED) is 0.332. The van der Waals surface area contributed by atoms with Crippen LogP contribution in [0.5, 0.6) is 0 Å². The van der Waals surface area contributed by atoms with Crippen molar-refractivity contribution in [3.8, 4) is 0 Å². The molecule has 0 atom stereocenters. The summed E-state index contributed by atoms with van der Waals surface area (Å²) in [6.07, 6.45) is 2.87. The number of hydrogen-bond donors (Lipinski definition) is 3. The first-order valence-electron chi connectivity index (χ1n) is 9.40. The molecule has 0 radical (unpaired) electrons. The Bertz CT molecular complexity index is 1250. The number of para-hydroxylation sites is 1. The third-order valence-corrected chi connectivity index (χ3v) is 6.89. The van der Waals surface area contributed by atoms with Gasteiger partial charge in [-0.1, -0.05) is 37.6 Å². The van der Waals surface area contributed by atoms with E-state index in [-0.39, 0.29) is 10.7 Å². The van der Waals surface area contributed by atoms with Crippen LogP contribution in [0, 0.1) is 5.92 Å². The monoisotopic (exact) mass is 464 g/mol.